The summed E-state index contributed by atoms with van der Waals surface area (Å²) in [5.41, 5.74) is 14.0. The highest BCUT2D eigenvalue weighted by Crippen LogP contribution is 2.41. The van der Waals surface area contributed by atoms with Crippen LogP contribution in [0.15, 0.2) is 57.7 Å². The molecule has 4 aromatic rings. The molecule has 8 heteroatoms. The molecule has 29 heavy (non-hydrogen) atoms. The smallest absolute Gasteiger partial charge is 0.221 e. The van der Waals surface area contributed by atoms with Gasteiger partial charge in [0, 0.05) is 18.2 Å². The fourth-order valence-electron chi connectivity index (χ4n) is 3.13. The SMILES string of the molecule is COc1cc(Cc2cnc(N)nc2N)cc(-c2ccc(-c3ccco3)o2)c1OC. The van der Waals surface area contributed by atoms with Gasteiger partial charge in [-0.3, -0.25) is 0 Å². The molecule has 0 saturated carbocycles. The molecular weight excluding hydrogens is 372 g/mol. The number of furan rings is 2. The van der Waals surface area contributed by atoms with E-state index in [1.54, 1.807) is 32.7 Å². The fourth-order valence-corrected chi connectivity index (χ4v) is 3.13. The molecule has 8 nitrogen and oxygen atoms in total. The van der Waals surface area contributed by atoms with Gasteiger partial charge >= 0.3 is 0 Å². The van der Waals surface area contributed by atoms with Crippen LogP contribution in [0.2, 0.25) is 0 Å². The summed E-state index contributed by atoms with van der Waals surface area (Å²) in [6.45, 7) is 0. The maximum Gasteiger partial charge on any atom is 0.221 e. The van der Waals surface area contributed by atoms with Gasteiger partial charge in [0.2, 0.25) is 5.95 Å². The molecule has 0 radical (unpaired) electrons. The Morgan fingerprint density at radius 3 is 2.52 bits per heavy atom. The van der Waals surface area contributed by atoms with Crippen LogP contribution in [0.4, 0.5) is 11.8 Å². The number of nitrogen functional groups attached to an aromatic ring is 2. The first kappa shape index (κ1) is 18.4. The van der Waals surface area contributed by atoms with Crippen LogP contribution < -0.4 is 20.9 Å². The van der Waals surface area contributed by atoms with Crippen LogP contribution in [0.1, 0.15) is 11.1 Å². The molecule has 0 atom stereocenters. The van der Waals surface area contributed by atoms with E-state index in [0.717, 1.165) is 16.7 Å². The molecule has 4 N–H and O–H groups in total. The minimum absolute atomic E-state index is 0.139. The summed E-state index contributed by atoms with van der Waals surface area (Å²) in [6, 6.07) is 11.2. The van der Waals surface area contributed by atoms with E-state index in [0.29, 0.717) is 41.0 Å². The minimum atomic E-state index is 0.139. The van der Waals surface area contributed by atoms with E-state index in [1.165, 1.54) is 0 Å². The molecular formula is C21H20N4O4. The summed E-state index contributed by atoms with van der Waals surface area (Å²) in [7, 11) is 3.17. The van der Waals surface area contributed by atoms with Gasteiger partial charge in [-0.2, -0.15) is 4.98 Å². The maximum atomic E-state index is 6.01. The Morgan fingerprint density at radius 2 is 1.83 bits per heavy atom. The van der Waals surface area contributed by atoms with Gasteiger partial charge in [-0.25, -0.2) is 4.98 Å². The van der Waals surface area contributed by atoms with Crippen LogP contribution in [-0.4, -0.2) is 24.2 Å². The first-order chi connectivity index (χ1) is 14.1. The summed E-state index contributed by atoms with van der Waals surface area (Å²) in [5, 5.41) is 0. The largest absolute Gasteiger partial charge is 0.493 e. The topological polar surface area (TPSA) is 123 Å². The third-order valence-electron chi connectivity index (χ3n) is 4.49. The monoisotopic (exact) mass is 392 g/mol. The Hall–Kier alpha value is -3.94. The van der Waals surface area contributed by atoms with Crippen LogP contribution in [0.3, 0.4) is 0 Å². The van der Waals surface area contributed by atoms with Crippen molar-refractivity contribution >= 4 is 11.8 Å². The lowest BCUT2D eigenvalue weighted by Gasteiger charge is -2.14. The minimum Gasteiger partial charge on any atom is -0.493 e. The number of nitrogens with two attached hydrogens (primary N) is 2. The first-order valence-electron chi connectivity index (χ1n) is 8.85. The van der Waals surface area contributed by atoms with Crippen molar-refractivity contribution in [1.82, 2.24) is 9.97 Å². The summed E-state index contributed by atoms with van der Waals surface area (Å²) in [5.74, 6) is 3.50. The van der Waals surface area contributed by atoms with Crippen molar-refractivity contribution < 1.29 is 18.3 Å². The van der Waals surface area contributed by atoms with Crippen molar-refractivity contribution in [3.63, 3.8) is 0 Å². The molecule has 0 aliphatic carbocycles. The highest BCUT2D eigenvalue weighted by Gasteiger charge is 2.19. The average Bonchev–Trinajstić information content (AvgIpc) is 3.41. The number of ether oxygens (including phenoxy) is 2. The summed E-state index contributed by atoms with van der Waals surface area (Å²) >= 11 is 0. The van der Waals surface area contributed by atoms with E-state index >= 15 is 0 Å². The van der Waals surface area contributed by atoms with Crippen LogP contribution in [0, 0.1) is 0 Å². The summed E-state index contributed by atoms with van der Waals surface area (Å²) in [6.07, 6.45) is 3.71. The predicted molar refractivity (Wildman–Crippen MR) is 109 cm³/mol. The predicted octanol–water partition coefficient (Wildman–Crippen LogP) is 3.77. The molecule has 0 aliphatic rings. The highest BCUT2D eigenvalue weighted by molar-refractivity contribution is 5.73. The van der Waals surface area contributed by atoms with Crippen molar-refractivity contribution in [1.29, 1.82) is 0 Å². The van der Waals surface area contributed by atoms with E-state index < -0.39 is 0 Å². The number of hydrogen-bond donors (Lipinski definition) is 2. The van der Waals surface area contributed by atoms with Gasteiger partial charge < -0.3 is 29.8 Å². The molecule has 0 unspecified atom stereocenters. The molecule has 0 fully saturated rings. The Kier molecular flexibility index (Phi) is 4.82. The van der Waals surface area contributed by atoms with E-state index in [1.807, 2.05) is 30.3 Å². The third kappa shape index (κ3) is 3.60. The second-order valence-electron chi connectivity index (χ2n) is 6.34. The lowest BCUT2D eigenvalue weighted by Crippen LogP contribution is -2.04. The van der Waals surface area contributed by atoms with Gasteiger partial charge in [-0.05, 0) is 42.0 Å². The molecule has 1 aromatic carbocycles. The van der Waals surface area contributed by atoms with E-state index in [2.05, 4.69) is 9.97 Å². The second-order valence-corrected chi connectivity index (χ2v) is 6.34. The zero-order chi connectivity index (χ0) is 20.4. The Balaban J connectivity index is 1.77. The van der Waals surface area contributed by atoms with Gasteiger partial charge in [-0.1, -0.05) is 0 Å². The lowest BCUT2D eigenvalue weighted by molar-refractivity contribution is 0.355. The molecule has 0 amide bonds. The van der Waals surface area contributed by atoms with E-state index in [9.17, 15) is 0 Å². The van der Waals surface area contributed by atoms with Crippen molar-refractivity contribution in [3.05, 3.63) is 60.0 Å². The van der Waals surface area contributed by atoms with Gasteiger partial charge in [0.1, 0.15) is 11.6 Å². The van der Waals surface area contributed by atoms with E-state index in [-0.39, 0.29) is 5.95 Å². The number of methoxy groups -OCH3 is 2. The molecule has 0 spiro atoms. The number of anilines is 2. The zero-order valence-corrected chi connectivity index (χ0v) is 16.0. The molecule has 148 valence electrons. The molecule has 0 aliphatic heterocycles. The van der Waals surface area contributed by atoms with Crippen molar-refractivity contribution in [3.8, 4) is 34.3 Å². The van der Waals surface area contributed by atoms with Crippen molar-refractivity contribution in [2.45, 2.75) is 6.42 Å². The summed E-state index contributed by atoms with van der Waals surface area (Å²) in [4.78, 5) is 8.04. The normalized spacial score (nSPS) is 10.8. The number of hydrogen-bond acceptors (Lipinski definition) is 8. The number of nitrogens with zero attached hydrogens (tertiary/aromatic N) is 2. The first-order valence-corrected chi connectivity index (χ1v) is 8.85. The van der Waals surface area contributed by atoms with E-state index in [4.69, 9.17) is 29.8 Å². The molecule has 3 aromatic heterocycles. The van der Waals surface area contributed by atoms with Crippen LogP contribution in [0.25, 0.3) is 22.8 Å². The van der Waals surface area contributed by atoms with Gasteiger partial charge in [0.25, 0.3) is 0 Å². The molecule has 0 saturated heterocycles. The zero-order valence-electron chi connectivity index (χ0n) is 16.0. The average molecular weight is 392 g/mol. The van der Waals surface area contributed by atoms with Crippen molar-refractivity contribution in [2.75, 3.05) is 25.7 Å². The number of rotatable bonds is 6. The molecule has 3 heterocycles. The molecule has 0 bridgehead atoms. The number of benzene rings is 1. The Morgan fingerprint density at radius 1 is 1.00 bits per heavy atom. The molecule has 4 rings (SSSR count). The quantitative estimate of drug-likeness (QED) is 0.508. The standard InChI is InChI=1S/C21H20N4O4/c1-26-18-10-12(8-13-11-24-21(23)25-20(13)22)9-14(19(18)27-2)15-5-6-17(29-15)16-4-3-7-28-16/h3-7,9-11H,8H2,1-2H3,(H4,22,23,24,25). The highest BCUT2D eigenvalue weighted by atomic mass is 16.5. The van der Waals surface area contributed by atoms with Gasteiger partial charge in [0.15, 0.2) is 23.0 Å². The van der Waals surface area contributed by atoms with Crippen LogP contribution >= 0.6 is 0 Å². The van der Waals surface area contributed by atoms with Crippen LogP contribution in [-0.2, 0) is 6.42 Å². The van der Waals surface area contributed by atoms with Crippen LogP contribution in [0.5, 0.6) is 11.5 Å². The van der Waals surface area contributed by atoms with Gasteiger partial charge in [-0.15, -0.1) is 0 Å². The number of aromatic nitrogens is 2. The lowest BCUT2D eigenvalue weighted by atomic mass is 10.0. The fraction of sp³-hybridized carbons (Fsp3) is 0.143. The van der Waals surface area contributed by atoms with Gasteiger partial charge in [0.05, 0.1) is 26.0 Å². The third-order valence-corrected chi connectivity index (χ3v) is 4.49. The summed E-state index contributed by atoms with van der Waals surface area (Å²) < 4.78 is 22.5. The Labute approximate surface area is 167 Å². The van der Waals surface area contributed by atoms with Crippen molar-refractivity contribution in [2.24, 2.45) is 0 Å². The second kappa shape index (κ2) is 7.59. The maximum absolute atomic E-state index is 6.01. The Bertz CT molecular complexity index is 1140.